The lowest BCUT2D eigenvalue weighted by molar-refractivity contribution is -0.148. The Morgan fingerprint density at radius 2 is 1.20 bits per heavy atom. The molecule has 2 fully saturated rings. The van der Waals surface area contributed by atoms with Crippen molar-refractivity contribution < 1.29 is 38.9 Å². The molecule has 0 aliphatic heterocycles. The third kappa shape index (κ3) is 11.6. The first kappa shape index (κ1) is 25.7. The lowest BCUT2D eigenvalue weighted by Gasteiger charge is -2.21. The highest BCUT2D eigenvalue weighted by Crippen LogP contribution is 2.21. The van der Waals surface area contributed by atoms with Gasteiger partial charge in [0.25, 0.3) is 0 Å². The van der Waals surface area contributed by atoms with Gasteiger partial charge >= 0.3 is 23.9 Å². The fourth-order valence-corrected chi connectivity index (χ4v) is 3.53. The fraction of sp³-hybridized carbons (Fsp3) is 0.727. The first-order valence-corrected chi connectivity index (χ1v) is 10.9. The van der Waals surface area contributed by atoms with Crippen LogP contribution in [-0.2, 0) is 28.7 Å². The van der Waals surface area contributed by atoms with E-state index in [4.69, 9.17) is 19.7 Å². The number of esters is 2. The summed E-state index contributed by atoms with van der Waals surface area (Å²) in [6.45, 7) is 1.65. The number of aliphatic carboxylic acids is 2. The topological polar surface area (TPSA) is 127 Å². The second-order valence-electron chi connectivity index (χ2n) is 7.77. The summed E-state index contributed by atoms with van der Waals surface area (Å²) in [5, 5.41) is 16.6. The first-order chi connectivity index (χ1) is 14.3. The molecule has 0 saturated heterocycles. The van der Waals surface area contributed by atoms with Gasteiger partial charge in [0.15, 0.2) is 0 Å². The summed E-state index contributed by atoms with van der Waals surface area (Å²) in [5.74, 6) is -3.70. The van der Waals surface area contributed by atoms with E-state index in [0.717, 1.165) is 51.4 Å². The van der Waals surface area contributed by atoms with Crippen LogP contribution in [-0.4, -0.2) is 46.3 Å². The molecule has 2 saturated carbocycles. The Morgan fingerprint density at radius 1 is 0.800 bits per heavy atom. The fourth-order valence-electron chi connectivity index (χ4n) is 3.53. The third-order valence-electron chi connectivity index (χ3n) is 5.29. The monoisotopic (exact) mass is 426 g/mol. The van der Waals surface area contributed by atoms with E-state index in [2.05, 4.69) is 0 Å². The maximum absolute atomic E-state index is 11.6. The summed E-state index contributed by atoms with van der Waals surface area (Å²) in [7, 11) is 0. The van der Waals surface area contributed by atoms with Crippen LogP contribution in [0.1, 0.15) is 84.0 Å². The Hall–Kier alpha value is -2.38. The number of hydrogen-bond donors (Lipinski definition) is 2. The second kappa shape index (κ2) is 14.6. The van der Waals surface area contributed by atoms with Gasteiger partial charge in [0, 0.05) is 12.2 Å². The zero-order valence-electron chi connectivity index (χ0n) is 17.7. The highest BCUT2D eigenvalue weighted by molar-refractivity contribution is 5.91. The molecule has 2 aliphatic carbocycles. The minimum Gasteiger partial charge on any atom is -0.481 e. The lowest BCUT2D eigenvalue weighted by atomic mass is 9.98. The van der Waals surface area contributed by atoms with Crippen molar-refractivity contribution in [3.63, 3.8) is 0 Å². The predicted octanol–water partition coefficient (Wildman–Crippen LogP) is 3.87. The average Bonchev–Trinajstić information content (AvgIpc) is 2.72. The Kier molecular flexibility index (Phi) is 12.5. The summed E-state index contributed by atoms with van der Waals surface area (Å²) in [6, 6.07) is 0. The molecule has 8 heteroatoms. The maximum atomic E-state index is 11.6. The van der Waals surface area contributed by atoms with E-state index in [9.17, 15) is 19.2 Å². The molecule has 0 aromatic rings. The van der Waals surface area contributed by atoms with E-state index in [1.54, 1.807) is 6.92 Å². The molecule has 2 aliphatic rings. The molecule has 0 bridgehead atoms. The van der Waals surface area contributed by atoms with Crippen molar-refractivity contribution in [2.24, 2.45) is 5.92 Å². The Labute approximate surface area is 177 Å². The van der Waals surface area contributed by atoms with Crippen molar-refractivity contribution in [1.29, 1.82) is 0 Å². The van der Waals surface area contributed by atoms with Crippen LogP contribution in [0.5, 0.6) is 0 Å². The van der Waals surface area contributed by atoms with Gasteiger partial charge in [-0.25, -0.2) is 9.59 Å². The number of carbonyl (C=O) groups is 4. The molecule has 0 aromatic carbocycles. The molecule has 2 rings (SSSR count). The van der Waals surface area contributed by atoms with E-state index in [1.165, 1.54) is 25.0 Å². The average molecular weight is 427 g/mol. The number of rotatable bonds is 8. The highest BCUT2D eigenvalue weighted by Gasteiger charge is 2.19. The Bertz CT molecular complexity index is 552. The van der Waals surface area contributed by atoms with Crippen LogP contribution in [0.4, 0.5) is 0 Å². The van der Waals surface area contributed by atoms with Crippen LogP contribution in [0.25, 0.3) is 0 Å². The van der Waals surface area contributed by atoms with Crippen LogP contribution in [0, 0.1) is 5.92 Å². The van der Waals surface area contributed by atoms with Gasteiger partial charge in [-0.1, -0.05) is 19.8 Å². The molecule has 0 amide bonds. The Balaban J connectivity index is 0.000000382. The normalized spacial score (nSPS) is 18.7. The van der Waals surface area contributed by atoms with Gasteiger partial charge in [-0.3, -0.25) is 9.59 Å². The summed E-state index contributed by atoms with van der Waals surface area (Å²) in [6.07, 6.45) is 13.2. The standard InChI is InChI=1S/C16H24O4.C6H10O4/c17-15(19-13-7-3-1-4-8-13)11-12-16(18)20-14-9-5-2-6-10-14;1-2-4(6(9)10)3-5(7)8/h11-14H,1-10H2;4H,2-3H2,1H3,(H,7,8)(H,9,10)/b12-11-;. The van der Waals surface area contributed by atoms with Gasteiger partial charge in [-0.2, -0.15) is 0 Å². The molecule has 2 N–H and O–H groups in total. The van der Waals surface area contributed by atoms with E-state index in [-0.39, 0.29) is 18.6 Å². The smallest absolute Gasteiger partial charge is 0.331 e. The molecule has 1 unspecified atom stereocenters. The summed E-state index contributed by atoms with van der Waals surface area (Å²) < 4.78 is 10.6. The van der Waals surface area contributed by atoms with Gasteiger partial charge in [0.1, 0.15) is 12.2 Å². The van der Waals surface area contributed by atoms with E-state index < -0.39 is 29.8 Å². The SMILES string of the molecule is CCC(CC(=O)O)C(=O)O.O=C(/C=C\C(=O)OC1CCCCC1)OC1CCCCC1. The van der Waals surface area contributed by atoms with Gasteiger partial charge in [0.05, 0.1) is 12.3 Å². The quantitative estimate of drug-likeness (QED) is 0.442. The van der Waals surface area contributed by atoms with Crippen LogP contribution in [0.2, 0.25) is 0 Å². The van der Waals surface area contributed by atoms with Crippen LogP contribution >= 0.6 is 0 Å². The summed E-state index contributed by atoms with van der Waals surface area (Å²) >= 11 is 0. The molecule has 0 aromatic heterocycles. The van der Waals surface area contributed by atoms with Crippen molar-refractivity contribution in [3.05, 3.63) is 12.2 Å². The second-order valence-corrected chi connectivity index (χ2v) is 7.77. The van der Waals surface area contributed by atoms with Gasteiger partial charge in [-0.15, -0.1) is 0 Å². The van der Waals surface area contributed by atoms with Crippen molar-refractivity contribution in [2.75, 3.05) is 0 Å². The van der Waals surface area contributed by atoms with E-state index in [0.29, 0.717) is 6.42 Å². The minimum atomic E-state index is -1.06. The van der Waals surface area contributed by atoms with Crippen molar-refractivity contribution in [1.82, 2.24) is 0 Å². The number of carboxylic acid groups (broad SMARTS) is 2. The summed E-state index contributed by atoms with van der Waals surface area (Å²) in [5.41, 5.74) is 0. The number of carbonyl (C=O) groups excluding carboxylic acids is 2. The zero-order valence-corrected chi connectivity index (χ0v) is 17.7. The molecule has 8 nitrogen and oxygen atoms in total. The molecular weight excluding hydrogens is 392 g/mol. The van der Waals surface area contributed by atoms with Crippen LogP contribution in [0.3, 0.4) is 0 Å². The molecular formula is C22H34O8. The minimum absolute atomic E-state index is 0.0234. The zero-order chi connectivity index (χ0) is 22.4. The predicted molar refractivity (Wildman–Crippen MR) is 109 cm³/mol. The van der Waals surface area contributed by atoms with E-state index >= 15 is 0 Å². The molecule has 170 valence electrons. The largest absolute Gasteiger partial charge is 0.481 e. The molecule has 1 atom stereocenters. The van der Waals surface area contributed by atoms with Crippen molar-refractivity contribution in [3.8, 4) is 0 Å². The van der Waals surface area contributed by atoms with E-state index in [1.807, 2.05) is 0 Å². The van der Waals surface area contributed by atoms with Crippen LogP contribution < -0.4 is 0 Å². The Morgan fingerprint density at radius 3 is 1.47 bits per heavy atom. The number of carboxylic acids is 2. The summed E-state index contributed by atoms with van der Waals surface area (Å²) in [4.78, 5) is 43.4. The molecule has 30 heavy (non-hydrogen) atoms. The lowest BCUT2D eigenvalue weighted by Crippen LogP contribution is -2.21. The molecule has 0 heterocycles. The van der Waals surface area contributed by atoms with Gasteiger partial charge in [-0.05, 0) is 57.8 Å². The molecule has 0 radical (unpaired) electrons. The van der Waals surface area contributed by atoms with Gasteiger partial charge in [0.2, 0.25) is 0 Å². The van der Waals surface area contributed by atoms with Crippen LogP contribution in [0.15, 0.2) is 12.2 Å². The number of ether oxygens (including phenoxy) is 2. The third-order valence-corrected chi connectivity index (χ3v) is 5.29. The number of hydrogen-bond acceptors (Lipinski definition) is 6. The first-order valence-electron chi connectivity index (χ1n) is 10.9. The maximum Gasteiger partial charge on any atom is 0.331 e. The molecule has 0 spiro atoms. The van der Waals surface area contributed by atoms with Crippen molar-refractivity contribution >= 4 is 23.9 Å². The van der Waals surface area contributed by atoms with Gasteiger partial charge < -0.3 is 19.7 Å². The van der Waals surface area contributed by atoms with Crippen molar-refractivity contribution in [2.45, 2.75) is 96.2 Å². The highest BCUT2D eigenvalue weighted by atomic mass is 16.5.